The number of hydrogen-bond acceptors (Lipinski definition) is 3. The van der Waals surface area contributed by atoms with Crippen LogP contribution in [-0.4, -0.2) is 11.7 Å². The molecule has 0 aliphatic heterocycles. The normalized spacial score (nSPS) is 10.6. The highest BCUT2D eigenvalue weighted by atomic mass is 32.1. The van der Waals surface area contributed by atoms with E-state index < -0.39 is 0 Å². The maximum absolute atomic E-state index is 13.2. The molecule has 0 amide bonds. The molecule has 1 N–H and O–H groups in total. The SMILES string of the molecule is CCN(Cc1cccs1)c1ccc(F)cc1CO. The van der Waals surface area contributed by atoms with Crippen molar-refractivity contribution in [1.82, 2.24) is 0 Å². The van der Waals surface area contributed by atoms with E-state index in [4.69, 9.17) is 0 Å². The average Bonchev–Trinajstić information content (AvgIpc) is 2.89. The smallest absolute Gasteiger partial charge is 0.123 e. The van der Waals surface area contributed by atoms with Crippen molar-refractivity contribution in [3.63, 3.8) is 0 Å². The van der Waals surface area contributed by atoms with E-state index in [9.17, 15) is 9.50 Å². The predicted octanol–water partition coefficient (Wildman–Crippen LogP) is 3.41. The largest absolute Gasteiger partial charge is 0.392 e. The van der Waals surface area contributed by atoms with Gasteiger partial charge in [0.15, 0.2) is 0 Å². The van der Waals surface area contributed by atoms with E-state index in [1.807, 2.05) is 11.4 Å². The number of aliphatic hydroxyl groups is 1. The number of hydrogen-bond donors (Lipinski definition) is 1. The Kier molecular flexibility index (Phi) is 4.33. The first-order valence-electron chi connectivity index (χ1n) is 5.91. The summed E-state index contributed by atoms with van der Waals surface area (Å²) < 4.78 is 13.2. The molecule has 0 spiro atoms. The summed E-state index contributed by atoms with van der Waals surface area (Å²) in [6, 6.07) is 8.66. The van der Waals surface area contributed by atoms with Crippen LogP contribution in [0.3, 0.4) is 0 Å². The lowest BCUT2D eigenvalue weighted by Crippen LogP contribution is -2.22. The van der Waals surface area contributed by atoms with Crippen molar-refractivity contribution in [2.75, 3.05) is 11.4 Å². The average molecular weight is 265 g/mol. The zero-order valence-electron chi connectivity index (χ0n) is 10.3. The highest BCUT2D eigenvalue weighted by molar-refractivity contribution is 7.09. The number of rotatable bonds is 5. The fourth-order valence-electron chi connectivity index (χ4n) is 1.95. The van der Waals surface area contributed by atoms with E-state index in [1.165, 1.54) is 17.0 Å². The highest BCUT2D eigenvalue weighted by Gasteiger charge is 2.11. The second-order valence-electron chi connectivity index (χ2n) is 4.02. The summed E-state index contributed by atoms with van der Waals surface area (Å²) in [5.74, 6) is -0.310. The number of nitrogens with zero attached hydrogens (tertiary/aromatic N) is 1. The van der Waals surface area contributed by atoms with Crippen molar-refractivity contribution < 1.29 is 9.50 Å². The van der Waals surface area contributed by atoms with Gasteiger partial charge in [-0.2, -0.15) is 0 Å². The summed E-state index contributed by atoms with van der Waals surface area (Å²) in [6.07, 6.45) is 0. The molecule has 2 rings (SSSR count). The molecule has 0 radical (unpaired) electrons. The summed E-state index contributed by atoms with van der Waals surface area (Å²) in [6.45, 7) is 3.51. The molecule has 2 nitrogen and oxygen atoms in total. The van der Waals surface area contributed by atoms with Crippen molar-refractivity contribution in [3.05, 3.63) is 52.0 Å². The molecule has 0 saturated carbocycles. The van der Waals surface area contributed by atoms with Crippen LogP contribution in [-0.2, 0) is 13.2 Å². The molecule has 96 valence electrons. The van der Waals surface area contributed by atoms with E-state index in [2.05, 4.69) is 17.9 Å². The van der Waals surface area contributed by atoms with Crippen LogP contribution in [0, 0.1) is 5.82 Å². The van der Waals surface area contributed by atoms with Gasteiger partial charge in [-0.1, -0.05) is 6.07 Å². The Morgan fingerprint density at radius 1 is 1.33 bits per heavy atom. The lowest BCUT2D eigenvalue weighted by Gasteiger charge is -2.24. The van der Waals surface area contributed by atoms with Crippen molar-refractivity contribution in [2.45, 2.75) is 20.1 Å². The number of halogens is 1. The first kappa shape index (κ1) is 13.1. The van der Waals surface area contributed by atoms with Crippen LogP contribution < -0.4 is 4.90 Å². The van der Waals surface area contributed by atoms with Gasteiger partial charge in [0.25, 0.3) is 0 Å². The highest BCUT2D eigenvalue weighted by Crippen LogP contribution is 2.24. The van der Waals surface area contributed by atoms with E-state index in [0.29, 0.717) is 5.56 Å². The van der Waals surface area contributed by atoms with E-state index in [1.54, 1.807) is 17.4 Å². The fourth-order valence-corrected chi connectivity index (χ4v) is 2.67. The third kappa shape index (κ3) is 2.89. The zero-order valence-corrected chi connectivity index (χ0v) is 11.1. The van der Waals surface area contributed by atoms with Gasteiger partial charge in [-0.3, -0.25) is 0 Å². The quantitative estimate of drug-likeness (QED) is 0.895. The molecule has 0 aliphatic carbocycles. The summed E-state index contributed by atoms with van der Waals surface area (Å²) >= 11 is 1.70. The molecule has 0 unspecified atom stereocenters. The summed E-state index contributed by atoms with van der Waals surface area (Å²) in [7, 11) is 0. The molecular formula is C14H16FNOS. The Morgan fingerprint density at radius 3 is 2.78 bits per heavy atom. The molecule has 0 bridgehead atoms. The van der Waals surface area contributed by atoms with Crippen molar-refractivity contribution in [1.29, 1.82) is 0 Å². The molecular weight excluding hydrogens is 249 g/mol. The van der Waals surface area contributed by atoms with Gasteiger partial charge in [-0.05, 0) is 36.6 Å². The van der Waals surface area contributed by atoms with Gasteiger partial charge >= 0.3 is 0 Å². The molecule has 0 atom stereocenters. The number of thiophene rings is 1. The minimum atomic E-state index is -0.310. The Balaban J connectivity index is 2.26. The second-order valence-corrected chi connectivity index (χ2v) is 5.06. The molecule has 1 aromatic carbocycles. The van der Waals surface area contributed by atoms with E-state index in [-0.39, 0.29) is 12.4 Å². The van der Waals surface area contributed by atoms with Crippen LogP contribution in [0.25, 0.3) is 0 Å². The fraction of sp³-hybridized carbons (Fsp3) is 0.286. The van der Waals surface area contributed by atoms with Crippen molar-refractivity contribution in [2.24, 2.45) is 0 Å². The van der Waals surface area contributed by atoms with Gasteiger partial charge < -0.3 is 10.0 Å². The van der Waals surface area contributed by atoms with Gasteiger partial charge in [-0.25, -0.2) is 4.39 Å². The Labute approximate surface area is 110 Å². The first-order chi connectivity index (χ1) is 8.74. The van der Waals surface area contributed by atoms with Crippen LogP contribution in [0.5, 0.6) is 0 Å². The van der Waals surface area contributed by atoms with Crippen molar-refractivity contribution in [3.8, 4) is 0 Å². The molecule has 18 heavy (non-hydrogen) atoms. The molecule has 0 saturated heterocycles. The van der Waals surface area contributed by atoms with Gasteiger partial charge in [0.1, 0.15) is 5.82 Å². The number of benzene rings is 1. The van der Waals surface area contributed by atoms with Crippen LogP contribution >= 0.6 is 11.3 Å². The molecule has 2 aromatic rings. The number of aliphatic hydroxyl groups excluding tert-OH is 1. The lowest BCUT2D eigenvalue weighted by molar-refractivity contribution is 0.281. The molecule has 0 fully saturated rings. The summed E-state index contributed by atoms with van der Waals surface area (Å²) in [4.78, 5) is 3.39. The van der Waals surface area contributed by atoms with Crippen molar-refractivity contribution >= 4 is 17.0 Å². The van der Waals surface area contributed by atoms with Crippen LogP contribution in [0.15, 0.2) is 35.7 Å². The van der Waals surface area contributed by atoms with Gasteiger partial charge in [0.2, 0.25) is 0 Å². The number of anilines is 1. The minimum Gasteiger partial charge on any atom is -0.392 e. The molecule has 1 aromatic heterocycles. The second kappa shape index (κ2) is 5.98. The predicted molar refractivity (Wildman–Crippen MR) is 73.4 cm³/mol. The Bertz CT molecular complexity index is 499. The first-order valence-corrected chi connectivity index (χ1v) is 6.79. The van der Waals surface area contributed by atoms with Crippen LogP contribution in [0.2, 0.25) is 0 Å². The van der Waals surface area contributed by atoms with E-state index in [0.717, 1.165) is 18.8 Å². The Morgan fingerprint density at radius 2 is 2.17 bits per heavy atom. The van der Waals surface area contributed by atoms with Gasteiger partial charge in [-0.15, -0.1) is 11.3 Å². The van der Waals surface area contributed by atoms with Crippen LogP contribution in [0.1, 0.15) is 17.4 Å². The maximum atomic E-state index is 13.2. The Hall–Kier alpha value is -1.39. The lowest BCUT2D eigenvalue weighted by atomic mass is 10.1. The maximum Gasteiger partial charge on any atom is 0.123 e. The summed E-state index contributed by atoms with van der Waals surface area (Å²) in [5.41, 5.74) is 1.53. The zero-order chi connectivity index (χ0) is 13.0. The molecule has 0 aliphatic rings. The summed E-state index contributed by atoms with van der Waals surface area (Å²) in [5, 5.41) is 11.4. The topological polar surface area (TPSA) is 23.5 Å². The third-order valence-electron chi connectivity index (χ3n) is 2.86. The third-order valence-corrected chi connectivity index (χ3v) is 3.72. The van der Waals surface area contributed by atoms with E-state index >= 15 is 0 Å². The van der Waals surface area contributed by atoms with Crippen LogP contribution in [0.4, 0.5) is 10.1 Å². The molecule has 1 heterocycles. The van der Waals surface area contributed by atoms with Gasteiger partial charge in [0.05, 0.1) is 13.2 Å². The standard InChI is InChI=1S/C14H16FNOS/c1-2-16(9-13-4-3-7-18-13)14-6-5-12(15)8-11(14)10-17/h3-8,17H,2,9-10H2,1H3. The van der Waals surface area contributed by atoms with Gasteiger partial charge in [0, 0.05) is 22.7 Å². The molecule has 4 heteroatoms. The monoisotopic (exact) mass is 265 g/mol. The minimum absolute atomic E-state index is 0.145.